The molecule has 3 rings (SSSR count). The highest BCUT2D eigenvalue weighted by molar-refractivity contribution is 6.03. The van der Waals surface area contributed by atoms with Gasteiger partial charge in [-0.25, -0.2) is 0 Å². The Kier molecular flexibility index (Phi) is 13.0. The van der Waals surface area contributed by atoms with Crippen molar-refractivity contribution in [1.29, 1.82) is 0 Å². The average molecular weight is 588 g/mol. The first-order valence-corrected chi connectivity index (χ1v) is 14.4. The molecule has 0 saturated heterocycles. The molecule has 11 heteroatoms. The van der Waals surface area contributed by atoms with E-state index in [2.05, 4.69) is 17.5 Å². The molecule has 0 aliphatic rings. The number of carbonyl (C=O) groups is 2. The van der Waals surface area contributed by atoms with Crippen molar-refractivity contribution in [2.45, 2.75) is 71.4 Å². The van der Waals surface area contributed by atoms with Crippen LogP contribution >= 0.6 is 0 Å². The minimum absolute atomic E-state index is 0.00937. The zero-order valence-corrected chi connectivity index (χ0v) is 24.3. The lowest BCUT2D eigenvalue weighted by atomic mass is 10.0. The molecule has 3 aromatic rings. The van der Waals surface area contributed by atoms with Crippen molar-refractivity contribution in [2.75, 3.05) is 5.43 Å². The van der Waals surface area contributed by atoms with Crippen molar-refractivity contribution in [1.82, 2.24) is 4.90 Å². The molecule has 0 radical (unpaired) electrons. The number of nitrogens with one attached hydrogen (secondary N) is 1. The van der Waals surface area contributed by atoms with Crippen molar-refractivity contribution in [3.63, 3.8) is 0 Å². The molecule has 0 spiro atoms. The standard InChI is InChI=1S/C32H37N5O6/c1-2-3-4-11-16-29(38)21-27(33-34-30-19-18-28(36(40)41)22-31(30)37(42)43)17-20-32(39)35(23-25-12-7-5-8-13-25)24-26-14-9-6-10-15-26/h5-10,12-15,18-19,22,34H,2-4,11,16-17,20-21,23-24H2,1H3/b33-27+. The van der Waals surface area contributed by atoms with E-state index in [1.54, 1.807) is 4.90 Å². The van der Waals surface area contributed by atoms with Gasteiger partial charge in [0.05, 0.1) is 15.9 Å². The van der Waals surface area contributed by atoms with Crippen molar-refractivity contribution in [3.8, 4) is 0 Å². The van der Waals surface area contributed by atoms with Gasteiger partial charge in [0.1, 0.15) is 11.5 Å². The zero-order valence-electron chi connectivity index (χ0n) is 24.3. The number of anilines is 1. The normalized spacial score (nSPS) is 11.1. The van der Waals surface area contributed by atoms with Crippen LogP contribution in [-0.2, 0) is 22.7 Å². The molecule has 0 saturated carbocycles. The number of Topliss-reactive ketones (excluding diaryl/α,β-unsaturated/α-hetero) is 1. The highest BCUT2D eigenvalue weighted by Crippen LogP contribution is 2.29. The van der Waals surface area contributed by atoms with Crippen LogP contribution < -0.4 is 5.43 Å². The third kappa shape index (κ3) is 11.1. The van der Waals surface area contributed by atoms with E-state index in [0.717, 1.165) is 48.9 Å². The highest BCUT2D eigenvalue weighted by atomic mass is 16.6. The Morgan fingerprint density at radius 1 is 0.791 bits per heavy atom. The third-order valence-electron chi connectivity index (χ3n) is 6.85. The van der Waals surface area contributed by atoms with Gasteiger partial charge in [0.15, 0.2) is 0 Å². The van der Waals surface area contributed by atoms with E-state index in [0.29, 0.717) is 25.2 Å². The number of nitrogens with zero attached hydrogens (tertiary/aromatic N) is 4. The summed E-state index contributed by atoms with van der Waals surface area (Å²) in [4.78, 5) is 49.3. The summed E-state index contributed by atoms with van der Waals surface area (Å²) >= 11 is 0. The number of ketones is 1. The molecular weight excluding hydrogens is 550 g/mol. The monoisotopic (exact) mass is 587 g/mol. The van der Waals surface area contributed by atoms with E-state index in [-0.39, 0.29) is 36.6 Å². The smallest absolute Gasteiger partial charge is 0.301 e. The predicted molar refractivity (Wildman–Crippen MR) is 166 cm³/mol. The summed E-state index contributed by atoms with van der Waals surface area (Å²) in [5.41, 5.74) is 3.97. The first-order valence-electron chi connectivity index (χ1n) is 14.4. The summed E-state index contributed by atoms with van der Waals surface area (Å²) in [5, 5.41) is 27.0. The second kappa shape index (κ2) is 17.1. The lowest BCUT2D eigenvalue weighted by Gasteiger charge is -2.23. The molecule has 0 aliphatic carbocycles. The summed E-state index contributed by atoms with van der Waals surface area (Å²) in [6, 6.07) is 22.5. The molecule has 0 aliphatic heterocycles. The molecule has 43 heavy (non-hydrogen) atoms. The Balaban J connectivity index is 1.79. The number of amides is 1. The summed E-state index contributed by atoms with van der Waals surface area (Å²) in [6.45, 7) is 2.90. The number of carbonyl (C=O) groups excluding carboxylic acids is 2. The molecule has 0 atom stereocenters. The van der Waals surface area contributed by atoms with Gasteiger partial charge in [-0.3, -0.25) is 35.2 Å². The van der Waals surface area contributed by atoms with Crippen molar-refractivity contribution >= 4 is 34.5 Å². The maximum absolute atomic E-state index is 13.5. The highest BCUT2D eigenvalue weighted by Gasteiger charge is 2.21. The molecule has 1 amide bonds. The summed E-state index contributed by atoms with van der Waals surface area (Å²) in [6.07, 6.45) is 4.37. The van der Waals surface area contributed by atoms with Crippen molar-refractivity contribution < 1.29 is 19.4 Å². The van der Waals surface area contributed by atoms with Crippen LogP contribution in [0.15, 0.2) is 84.0 Å². The molecule has 0 fully saturated rings. The fraction of sp³-hybridized carbons (Fsp3) is 0.344. The Morgan fingerprint density at radius 3 is 1.98 bits per heavy atom. The molecule has 1 N–H and O–H groups in total. The Bertz CT molecular complexity index is 1370. The molecule has 226 valence electrons. The van der Waals surface area contributed by atoms with Gasteiger partial charge >= 0.3 is 5.69 Å². The minimum Gasteiger partial charge on any atom is -0.334 e. The van der Waals surface area contributed by atoms with Crippen molar-refractivity contribution in [2.24, 2.45) is 5.10 Å². The second-order valence-electron chi connectivity index (χ2n) is 10.3. The van der Waals surface area contributed by atoms with Gasteiger partial charge in [-0.2, -0.15) is 5.10 Å². The van der Waals surface area contributed by atoms with E-state index in [1.807, 2.05) is 60.7 Å². The number of hydrazone groups is 1. The average Bonchev–Trinajstić information content (AvgIpc) is 3.01. The van der Waals surface area contributed by atoms with Gasteiger partial charge in [0.25, 0.3) is 5.69 Å². The number of nitro groups is 2. The summed E-state index contributed by atoms with van der Waals surface area (Å²) in [5.74, 6) is -0.162. The maximum atomic E-state index is 13.5. The van der Waals surface area contributed by atoms with Gasteiger partial charge in [-0.05, 0) is 30.0 Å². The quantitative estimate of drug-likeness (QED) is 0.0715. The van der Waals surface area contributed by atoms with Crippen LogP contribution in [0.2, 0.25) is 0 Å². The number of benzene rings is 3. The predicted octanol–water partition coefficient (Wildman–Crippen LogP) is 7.21. The first-order chi connectivity index (χ1) is 20.8. The van der Waals surface area contributed by atoms with Gasteiger partial charge < -0.3 is 4.90 Å². The topological polar surface area (TPSA) is 148 Å². The van der Waals surface area contributed by atoms with Gasteiger partial charge in [-0.1, -0.05) is 86.8 Å². The summed E-state index contributed by atoms with van der Waals surface area (Å²) < 4.78 is 0. The van der Waals surface area contributed by atoms with Crippen LogP contribution in [0.4, 0.5) is 17.1 Å². The number of hydrogen-bond donors (Lipinski definition) is 1. The fourth-order valence-electron chi connectivity index (χ4n) is 4.52. The van der Waals surface area contributed by atoms with E-state index in [9.17, 15) is 29.8 Å². The number of nitro benzene ring substituents is 2. The van der Waals surface area contributed by atoms with Crippen LogP contribution in [0.25, 0.3) is 0 Å². The van der Waals surface area contributed by atoms with E-state index >= 15 is 0 Å². The molecule has 0 unspecified atom stereocenters. The molecule has 0 aromatic heterocycles. The first kappa shape index (κ1) is 32.6. The number of hydrogen-bond acceptors (Lipinski definition) is 8. The Labute approximate surface area is 250 Å². The van der Waals surface area contributed by atoms with Crippen LogP contribution in [0, 0.1) is 20.2 Å². The number of rotatable bonds is 18. The number of unbranched alkanes of at least 4 members (excludes halogenated alkanes) is 3. The Hall–Kier alpha value is -4.93. The van der Waals surface area contributed by atoms with Crippen LogP contribution in [0.3, 0.4) is 0 Å². The molecule has 11 nitrogen and oxygen atoms in total. The molecular formula is C32H37N5O6. The van der Waals surface area contributed by atoms with Crippen LogP contribution in [0.5, 0.6) is 0 Å². The minimum atomic E-state index is -0.738. The van der Waals surface area contributed by atoms with Crippen molar-refractivity contribution in [3.05, 3.63) is 110 Å². The lowest BCUT2D eigenvalue weighted by molar-refractivity contribution is -0.393. The Morgan fingerprint density at radius 2 is 1.42 bits per heavy atom. The SMILES string of the molecule is CCCCCCC(=O)C/C(CCC(=O)N(Cc1ccccc1)Cc1ccccc1)=N/Nc1ccc([N+](=O)[O-])cc1[N+](=O)[O-]. The third-order valence-corrected chi connectivity index (χ3v) is 6.85. The second-order valence-corrected chi connectivity index (χ2v) is 10.3. The summed E-state index contributed by atoms with van der Waals surface area (Å²) in [7, 11) is 0. The van der Waals surface area contributed by atoms with Crippen LogP contribution in [0.1, 0.15) is 69.4 Å². The largest absolute Gasteiger partial charge is 0.334 e. The van der Waals surface area contributed by atoms with Crippen LogP contribution in [-0.4, -0.2) is 32.1 Å². The zero-order chi connectivity index (χ0) is 31.0. The molecule has 3 aromatic carbocycles. The number of non-ortho nitro benzene ring substituents is 1. The maximum Gasteiger partial charge on any atom is 0.301 e. The van der Waals surface area contributed by atoms with Gasteiger partial charge in [-0.15, -0.1) is 0 Å². The molecule has 0 bridgehead atoms. The van der Waals surface area contributed by atoms with E-state index in [1.165, 1.54) is 6.07 Å². The molecule has 0 heterocycles. The van der Waals surface area contributed by atoms with E-state index < -0.39 is 21.2 Å². The van der Waals surface area contributed by atoms with Gasteiger partial charge in [0, 0.05) is 44.1 Å². The fourth-order valence-corrected chi connectivity index (χ4v) is 4.52. The van der Waals surface area contributed by atoms with E-state index in [4.69, 9.17) is 0 Å². The van der Waals surface area contributed by atoms with Gasteiger partial charge in [0.2, 0.25) is 5.91 Å². The lowest BCUT2D eigenvalue weighted by Crippen LogP contribution is -2.30.